The Labute approximate surface area is 150 Å². The first-order chi connectivity index (χ1) is 12.5. The van der Waals surface area contributed by atoms with Gasteiger partial charge in [-0.05, 0) is 6.92 Å². The average molecular weight is 354 g/mol. The van der Waals surface area contributed by atoms with E-state index in [9.17, 15) is 4.79 Å². The van der Waals surface area contributed by atoms with E-state index in [-0.39, 0.29) is 5.56 Å². The Balaban J connectivity index is 1.52. The first kappa shape index (κ1) is 16.5. The van der Waals surface area contributed by atoms with Crippen LogP contribution in [0.5, 0.6) is 0 Å². The van der Waals surface area contributed by atoms with Gasteiger partial charge in [0.15, 0.2) is 5.65 Å². The van der Waals surface area contributed by atoms with Crippen LogP contribution in [0.4, 0.5) is 11.8 Å². The Morgan fingerprint density at radius 2 is 1.81 bits per heavy atom. The number of aryl methyl sites for hydroxylation is 1. The van der Waals surface area contributed by atoms with Gasteiger partial charge < -0.3 is 9.80 Å². The van der Waals surface area contributed by atoms with Crippen molar-refractivity contribution >= 4 is 22.8 Å². The fourth-order valence-electron chi connectivity index (χ4n) is 3.13. The number of aromatic nitrogens is 6. The van der Waals surface area contributed by atoms with Crippen molar-refractivity contribution in [2.24, 2.45) is 0 Å². The van der Waals surface area contributed by atoms with E-state index in [1.165, 1.54) is 6.20 Å². The monoisotopic (exact) mass is 354 g/mol. The van der Waals surface area contributed by atoms with Gasteiger partial charge in [0, 0.05) is 43.9 Å². The van der Waals surface area contributed by atoms with E-state index >= 15 is 0 Å². The largest absolute Gasteiger partial charge is 0.353 e. The molecule has 0 radical (unpaired) electrons. The lowest BCUT2D eigenvalue weighted by Crippen LogP contribution is -2.47. The van der Waals surface area contributed by atoms with Gasteiger partial charge in [0.05, 0.1) is 6.20 Å². The predicted octanol–water partition coefficient (Wildman–Crippen LogP) is 1.19. The molecule has 9 heteroatoms. The highest BCUT2D eigenvalue weighted by Crippen LogP contribution is 2.20. The molecule has 0 aliphatic carbocycles. The number of H-pyrrole nitrogens is 2. The van der Waals surface area contributed by atoms with Crippen LogP contribution < -0.4 is 15.4 Å². The zero-order valence-corrected chi connectivity index (χ0v) is 15.2. The number of piperazine rings is 1. The second kappa shape index (κ2) is 6.40. The molecule has 2 N–H and O–H groups in total. The van der Waals surface area contributed by atoms with Crippen molar-refractivity contribution in [3.8, 4) is 0 Å². The summed E-state index contributed by atoms with van der Waals surface area (Å²) in [6, 6.07) is 2.03. The number of anilines is 2. The maximum absolute atomic E-state index is 12.1. The Morgan fingerprint density at radius 3 is 2.54 bits per heavy atom. The third kappa shape index (κ3) is 3.00. The van der Waals surface area contributed by atoms with E-state index in [0.717, 1.165) is 43.5 Å². The van der Waals surface area contributed by atoms with Gasteiger partial charge >= 0.3 is 0 Å². The van der Waals surface area contributed by atoms with Crippen LogP contribution in [0.2, 0.25) is 0 Å². The van der Waals surface area contributed by atoms with Crippen molar-refractivity contribution in [1.29, 1.82) is 0 Å². The van der Waals surface area contributed by atoms with E-state index in [0.29, 0.717) is 22.9 Å². The summed E-state index contributed by atoms with van der Waals surface area (Å²) in [5, 5.41) is 7.12. The molecular weight excluding hydrogens is 332 g/mol. The van der Waals surface area contributed by atoms with Crippen molar-refractivity contribution in [1.82, 2.24) is 30.1 Å². The number of nitrogens with one attached hydrogen (secondary N) is 2. The normalized spacial score (nSPS) is 15.2. The number of nitrogens with zero attached hydrogens (tertiary/aromatic N) is 6. The molecule has 136 valence electrons. The molecule has 1 saturated heterocycles. The van der Waals surface area contributed by atoms with Gasteiger partial charge in [0.1, 0.15) is 17.0 Å². The van der Waals surface area contributed by atoms with Crippen LogP contribution in [0.15, 0.2) is 17.1 Å². The summed E-state index contributed by atoms with van der Waals surface area (Å²) >= 11 is 0. The van der Waals surface area contributed by atoms with E-state index in [1.54, 1.807) is 0 Å². The Morgan fingerprint density at radius 1 is 1.08 bits per heavy atom. The summed E-state index contributed by atoms with van der Waals surface area (Å²) in [7, 11) is 0. The maximum atomic E-state index is 12.1. The fraction of sp³-hybridized carbons (Fsp3) is 0.471. The Bertz CT molecular complexity index is 984. The van der Waals surface area contributed by atoms with Gasteiger partial charge in [-0.3, -0.25) is 14.9 Å². The van der Waals surface area contributed by atoms with Crippen molar-refractivity contribution in [3.63, 3.8) is 0 Å². The third-order valence-corrected chi connectivity index (χ3v) is 4.58. The van der Waals surface area contributed by atoms with Crippen LogP contribution >= 0.6 is 0 Å². The lowest BCUT2D eigenvalue weighted by molar-refractivity contribution is 0.629. The van der Waals surface area contributed by atoms with Crippen molar-refractivity contribution in [2.45, 2.75) is 26.7 Å². The number of fused-ring (bicyclic) bond motifs is 1. The Hall–Kier alpha value is -2.97. The van der Waals surface area contributed by atoms with Crippen LogP contribution in [0.1, 0.15) is 31.3 Å². The van der Waals surface area contributed by atoms with E-state index < -0.39 is 0 Å². The second-order valence-electron chi connectivity index (χ2n) is 6.88. The van der Waals surface area contributed by atoms with Crippen LogP contribution in [0, 0.1) is 6.92 Å². The number of aromatic amines is 2. The highest BCUT2D eigenvalue weighted by Gasteiger charge is 2.21. The average Bonchev–Trinajstić information content (AvgIpc) is 3.10. The van der Waals surface area contributed by atoms with Gasteiger partial charge in [-0.2, -0.15) is 10.1 Å². The van der Waals surface area contributed by atoms with Gasteiger partial charge in [0.2, 0.25) is 5.95 Å². The second-order valence-corrected chi connectivity index (χ2v) is 6.88. The van der Waals surface area contributed by atoms with E-state index in [2.05, 4.69) is 48.8 Å². The number of hydrogen-bond acceptors (Lipinski definition) is 7. The lowest BCUT2D eigenvalue weighted by atomic mass is 10.2. The van der Waals surface area contributed by atoms with Gasteiger partial charge in [-0.15, -0.1) is 0 Å². The van der Waals surface area contributed by atoms with Gasteiger partial charge in [0.25, 0.3) is 5.56 Å². The molecule has 26 heavy (non-hydrogen) atoms. The molecule has 0 unspecified atom stereocenters. The molecule has 1 fully saturated rings. The maximum Gasteiger partial charge on any atom is 0.263 e. The molecule has 0 bridgehead atoms. The topological polar surface area (TPSA) is 107 Å². The van der Waals surface area contributed by atoms with Crippen LogP contribution in [0.25, 0.3) is 11.0 Å². The third-order valence-electron chi connectivity index (χ3n) is 4.58. The first-order valence-corrected chi connectivity index (χ1v) is 8.80. The highest BCUT2D eigenvalue weighted by atomic mass is 16.1. The molecule has 4 rings (SSSR count). The molecule has 1 aliphatic heterocycles. The summed E-state index contributed by atoms with van der Waals surface area (Å²) in [6.45, 7) is 9.32. The molecule has 3 aromatic rings. The first-order valence-electron chi connectivity index (χ1n) is 8.80. The minimum absolute atomic E-state index is 0.172. The zero-order valence-electron chi connectivity index (χ0n) is 15.2. The molecule has 0 atom stereocenters. The molecule has 0 aromatic carbocycles. The quantitative estimate of drug-likeness (QED) is 0.727. The molecule has 1 aliphatic rings. The summed E-state index contributed by atoms with van der Waals surface area (Å²) < 4.78 is 0. The lowest BCUT2D eigenvalue weighted by Gasteiger charge is -2.35. The van der Waals surface area contributed by atoms with Gasteiger partial charge in [-0.25, -0.2) is 9.97 Å². The smallest absolute Gasteiger partial charge is 0.263 e. The Kier molecular flexibility index (Phi) is 4.06. The van der Waals surface area contributed by atoms with Crippen LogP contribution in [-0.4, -0.2) is 56.3 Å². The SMILES string of the molecule is Cc1cc(N2CCN(c3nc4[nH]ncc4c(=O)[nH]3)CC2)nc(C(C)C)n1. The summed E-state index contributed by atoms with van der Waals surface area (Å²) in [4.78, 5) is 33.0. The summed E-state index contributed by atoms with van der Waals surface area (Å²) in [5.74, 6) is 2.71. The molecule has 3 aromatic heterocycles. The predicted molar refractivity (Wildman–Crippen MR) is 99.8 cm³/mol. The minimum atomic E-state index is -0.172. The fourth-order valence-corrected chi connectivity index (χ4v) is 3.13. The molecule has 0 spiro atoms. The van der Waals surface area contributed by atoms with Gasteiger partial charge in [-0.1, -0.05) is 13.8 Å². The zero-order chi connectivity index (χ0) is 18.3. The van der Waals surface area contributed by atoms with Crippen LogP contribution in [-0.2, 0) is 0 Å². The molecule has 0 amide bonds. The van der Waals surface area contributed by atoms with Crippen molar-refractivity contribution in [2.75, 3.05) is 36.0 Å². The van der Waals surface area contributed by atoms with E-state index in [1.807, 2.05) is 13.0 Å². The van der Waals surface area contributed by atoms with Crippen molar-refractivity contribution in [3.05, 3.63) is 34.1 Å². The molecule has 4 heterocycles. The highest BCUT2D eigenvalue weighted by molar-refractivity contribution is 5.73. The standard InChI is InChI=1S/C17H22N8O/c1-10(2)14-19-11(3)8-13(20-14)24-4-6-25(7-5-24)17-21-15-12(9-18-23-15)16(26)22-17/h8-10H,4-7H2,1-3H3,(H2,18,21,22,23,26). The van der Waals surface area contributed by atoms with E-state index in [4.69, 9.17) is 4.98 Å². The van der Waals surface area contributed by atoms with Crippen molar-refractivity contribution < 1.29 is 0 Å². The number of hydrogen-bond donors (Lipinski definition) is 2. The van der Waals surface area contributed by atoms with Crippen LogP contribution in [0.3, 0.4) is 0 Å². The molecule has 9 nitrogen and oxygen atoms in total. The minimum Gasteiger partial charge on any atom is -0.353 e. The summed E-state index contributed by atoms with van der Waals surface area (Å²) in [6.07, 6.45) is 1.49. The molecule has 0 saturated carbocycles. The summed E-state index contributed by atoms with van der Waals surface area (Å²) in [5.41, 5.74) is 1.32. The molecular formula is C17H22N8O. The number of rotatable bonds is 3.